The van der Waals surface area contributed by atoms with E-state index in [1.807, 2.05) is 0 Å². The predicted molar refractivity (Wildman–Crippen MR) is 73.1 cm³/mol. The molecule has 0 aliphatic carbocycles. The van der Waals surface area contributed by atoms with Gasteiger partial charge < -0.3 is 15.4 Å². The number of rotatable bonds is 5. The Bertz CT molecular complexity index is 220. The molecule has 3 nitrogen and oxygen atoms in total. The second-order valence-electron chi connectivity index (χ2n) is 6.25. The number of nitrogens with zero attached hydrogens (tertiary/aromatic N) is 1. The molecule has 0 radical (unpaired) electrons. The van der Waals surface area contributed by atoms with Crippen LogP contribution in [0.15, 0.2) is 0 Å². The number of ether oxygens (including phenoxy) is 1. The van der Waals surface area contributed by atoms with E-state index in [4.69, 9.17) is 10.5 Å². The molecule has 1 saturated heterocycles. The molecule has 0 saturated carbocycles. The van der Waals surface area contributed by atoms with Crippen LogP contribution in [0.5, 0.6) is 0 Å². The highest BCUT2D eigenvalue weighted by Crippen LogP contribution is 2.25. The fourth-order valence-corrected chi connectivity index (χ4v) is 2.81. The van der Waals surface area contributed by atoms with E-state index < -0.39 is 0 Å². The Morgan fingerprint density at radius 3 is 2.24 bits per heavy atom. The summed E-state index contributed by atoms with van der Waals surface area (Å²) in [4.78, 5) is 2.58. The fourth-order valence-electron chi connectivity index (χ4n) is 2.81. The van der Waals surface area contributed by atoms with Gasteiger partial charge in [-0.1, -0.05) is 0 Å². The molecular weight excluding hydrogens is 212 g/mol. The summed E-state index contributed by atoms with van der Waals surface area (Å²) in [5.74, 6) is 0.717. The van der Waals surface area contributed by atoms with E-state index in [-0.39, 0.29) is 5.60 Å². The molecule has 17 heavy (non-hydrogen) atoms. The first-order chi connectivity index (χ1) is 7.85. The Morgan fingerprint density at radius 1 is 1.29 bits per heavy atom. The Balaban J connectivity index is 2.38. The zero-order chi connectivity index (χ0) is 13.1. The van der Waals surface area contributed by atoms with Crippen molar-refractivity contribution < 1.29 is 4.74 Å². The minimum Gasteiger partial charge on any atom is -0.379 e. The molecule has 0 spiro atoms. The van der Waals surface area contributed by atoms with Crippen LogP contribution < -0.4 is 5.73 Å². The molecular formula is C14H30N2O. The summed E-state index contributed by atoms with van der Waals surface area (Å²) in [6.45, 7) is 11.2. The average molecular weight is 242 g/mol. The van der Waals surface area contributed by atoms with Crippen molar-refractivity contribution >= 4 is 0 Å². The molecule has 1 heterocycles. The minimum atomic E-state index is -0.0164. The quantitative estimate of drug-likeness (QED) is 0.803. The number of likely N-dealkylation sites (tertiary alicyclic amines) is 1. The zero-order valence-electron chi connectivity index (χ0n) is 12.2. The number of methoxy groups -OCH3 is 1. The monoisotopic (exact) mass is 242 g/mol. The molecule has 102 valence electrons. The highest BCUT2D eigenvalue weighted by Gasteiger charge is 2.28. The van der Waals surface area contributed by atoms with Crippen LogP contribution in [0.1, 0.15) is 47.0 Å². The number of hydrogen-bond acceptors (Lipinski definition) is 3. The molecule has 1 rings (SSSR count). The van der Waals surface area contributed by atoms with Gasteiger partial charge in [0, 0.05) is 19.2 Å². The van der Waals surface area contributed by atoms with Gasteiger partial charge in [-0.05, 0) is 66.0 Å². The third-order valence-corrected chi connectivity index (χ3v) is 4.28. The van der Waals surface area contributed by atoms with Crippen LogP contribution in [0.25, 0.3) is 0 Å². The lowest BCUT2D eigenvalue weighted by Gasteiger charge is -2.39. The molecule has 0 aromatic heterocycles. The van der Waals surface area contributed by atoms with Crippen molar-refractivity contribution in [3.63, 3.8) is 0 Å². The highest BCUT2D eigenvalue weighted by atomic mass is 16.5. The average Bonchev–Trinajstić information content (AvgIpc) is 2.28. The predicted octanol–water partition coefficient (Wildman–Crippen LogP) is 2.25. The summed E-state index contributed by atoms with van der Waals surface area (Å²) < 4.78 is 5.51. The molecule has 1 fully saturated rings. The van der Waals surface area contributed by atoms with Gasteiger partial charge in [0.05, 0.1) is 5.60 Å². The van der Waals surface area contributed by atoms with Crippen LogP contribution in [0, 0.1) is 5.92 Å². The Kier molecular flexibility index (Phi) is 5.42. The van der Waals surface area contributed by atoms with Gasteiger partial charge in [0.1, 0.15) is 0 Å². The van der Waals surface area contributed by atoms with Gasteiger partial charge >= 0.3 is 0 Å². The number of nitrogens with two attached hydrogens (primary N) is 1. The maximum atomic E-state index is 5.97. The van der Waals surface area contributed by atoms with Crippen LogP contribution in [-0.2, 0) is 4.74 Å². The Morgan fingerprint density at radius 2 is 1.82 bits per heavy atom. The van der Waals surface area contributed by atoms with Crippen LogP contribution in [0.3, 0.4) is 0 Å². The highest BCUT2D eigenvalue weighted by molar-refractivity contribution is 4.83. The topological polar surface area (TPSA) is 38.5 Å². The van der Waals surface area contributed by atoms with Crippen molar-refractivity contribution in [2.24, 2.45) is 11.7 Å². The molecule has 2 atom stereocenters. The first-order valence-corrected chi connectivity index (χ1v) is 6.90. The molecule has 2 N–H and O–H groups in total. The third-order valence-electron chi connectivity index (χ3n) is 4.28. The molecule has 0 amide bonds. The van der Waals surface area contributed by atoms with Crippen molar-refractivity contribution in [3.05, 3.63) is 0 Å². The molecule has 1 aliphatic rings. The van der Waals surface area contributed by atoms with E-state index in [0.717, 1.165) is 6.42 Å². The van der Waals surface area contributed by atoms with Gasteiger partial charge in [-0.3, -0.25) is 0 Å². The lowest BCUT2D eigenvalue weighted by atomic mass is 9.89. The van der Waals surface area contributed by atoms with E-state index in [1.54, 1.807) is 7.11 Å². The Hall–Kier alpha value is -0.120. The molecule has 1 aliphatic heterocycles. The Labute approximate surface area is 107 Å². The van der Waals surface area contributed by atoms with E-state index in [9.17, 15) is 0 Å². The normalized spacial score (nSPS) is 23.6. The zero-order valence-corrected chi connectivity index (χ0v) is 12.2. The van der Waals surface area contributed by atoms with Crippen LogP contribution in [0.4, 0.5) is 0 Å². The smallest absolute Gasteiger partial charge is 0.0637 e. The summed E-state index contributed by atoms with van der Waals surface area (Å²) in [7, 11) is 1.80. The lowest BCUT2D eigenvalue weighted by Crippen LogP contribution is -2.45. The standard InChI is InChI=1S/C14H30N2O/c1-11(10-14(3,4)17-5)16-8-6-13(7-9-16)12(2)15/h11-13H,6-10,15H2,1-5H3. The molecule has 3 heteroatoms. The molecule has 0 bridgehead atoms. The third kappa shape index (κ3) is 4.57. The SMILES string of the molecule is COC(C)(C)CC(C)N1CCC(C(C)N)CC1. The van der Waals surface area contributed by atoms with E-state index in [0.29, 0.717) is 18.0 Å². The fraction of sp³-hybridized carbons (Fsp3) is 1.00. The first-order valence-electron chi connectivity index (χ1n) is 6.90. The lowest BCUT2D eigenvalue weighted by molar-refractivity contribution is -0.0109. The summed E-state index contributed by atoms with van der Waals surface area (Å²) in [5, 5.41) is 0. The molecule has 0 aromatic rings. The van der Waals surface area contributed by atoms with Crippen molar-refractivity contribution in [3.8, 4) is 0 Å². The second-order valence-corrected chi connectivity index (χ2v) is 6.25. The maximum Gasteiger partial charge on any atom is 0.0637 e. The summed E-state index contributed by atoms with van der Waals surface area (Å²) >= 11 is 0. The van der Waals surface area contributed by atoms with E-state index in [1.165, 1.54) is 25.9 Å². The van der Waals surface area contributed by atoms with Gasteiger partial charge in [-0.2, -0.15) is 0 Å². The van der Waals surface area contributed by atoms with Gasteiger partial charge in [0.15, 0.2) is 0 Å². The maximum absolute atomic E-state index is 5.97. The summed E-state index contributed by atoms with van der Waals surface area (Å²) in [5.41, 5.74) is 5.96. The number of hydrogen-bond donors (Lipinski definition) is 1. The van der Waals surface area contributed by atoms with E-state index in [2.05, 4.69) is 32.6 Å². The number of piperidine rings is 1. The summed E-state index contributed by atoms with van der Waals surface area (Å²) in [6.07, 6.45) is 3.58. The second kappa shape index (κ2) is 6.17. The first kappa shape index (κ1) is 14.9. The van der Waals surface area contributed by atoms with Crippen molar-refractivity contribution in [2.45, 2.75) is 64.6 Å². The van der Waals surface area contributed by atoms with Crippen molar-refractivity contribution in [1.29, 1.82) is 0 Å². The van der Waals surface area contributed by atoms with Crippen LogP contribution in [0.2, 0.25) is 0 Å². The minimum absolute atomic E-state index is 0.0164. The van der Waals surface area contributed by atoms with Crippen LogP contribution in [-0.4, -0.2) is 42.8 Å². The molecule has 0 aromatic carbocycles. The summed E-state index contributed by atoms with van der Waals surface area (Å²) in [6, 6.07) is 0.946. The van der Waals surface area contributed by atoms with Gasteiger partial charge in [-0.25, -0.2) is 0 Å². The largest absolute Gasteiger partial charge is 0.379 e. The van der Waals surface area contributed by atoms with Gasteiger partial charge in [0.2, 0.25) is 0 Å². The van der Waals surface area contributed by atoms with E-state index >= 15 is 0 Å². The van der Waals surface area contributed by atoms with Gasteiger partial charge in [-0.15, -0.1) is 0 Å². The molecule has 2 unspecified atom stereocenters. The van der Waals surface area contributed by atoms with Crippen molar-refractivity contribution in [1.82, 2.24) is 4.90 Å². The van der Waals surface area contributed by atoms with Gasteiger partial charge in [0.25, 0.3) is 0 Å². The van der Waals surface area contributed by atoms with Crippen molar-refractivity contribution in [2.75, 3.05) is 20.2 Å². The van der Waals surface area contributed by atoms with Crippen LogP contribution >= 0.6 is 0 Å².